The van der Waals surface area contributed by atoms with Gasteiger partial charge in [-0.05, 0) is 63.4 Å². The maximum atomic E-state index is 12.9. The van der Waals surface area contributed by atoms with Gasteiger partial charge in [-0.2, -0.15) is 0 Å². The standard InChI is InChI=1S/C28H28N2O3S2/c1-6-33-28(32)25-22(20-9-7-16(2)8-10-20)14-35-27(25)29-23(31)15-34-24-13-18(4)21-12-17(3)11-19(5)26(21)30-24/h7-14H,6,15H2,1-5H3,(H,29,31). The molecule has 1 N–H and O–H groups in total. The summed E-state index contributed by atoms with van der Waals surface area (Å²) in [5, 5.41) is 7.25. The van der Waals surface area contributed by atoms with Gasteiger partial charge in [0.15, 0.2) is 0 Å². The van der Waals surface area contributed by atoms with E-state index in [1.54, 1.807) is 6.92 Å². The molecule has 7 heteroatoms. The van der Waals surface area contributed by atoms with Gasteiger partial charge in [0.2, 0.25) is 5.91 Å². The largest absolute Gasteiger partial charge is 0.462 e. The first-order chi connectivity index (χ1) is 16.8. The van der Waals surface area contributed by atoms with Crippen LogP contribution < -0.4 is 5.32 Å². The second kappa shape index (κ2) is 10.6. The highest BCUT2D eigenvalue weighted by atomic mass is 32.2. The number of nitrogens with one attached hydrogen (secondary N) is 1. The van der Waals surface area contributed by atoms with Crippen LogP contribution in [0.4, 0.5) is 5.00 Å². The van der Waals surface area contributed by atoms with E-state index < -0.39 is 5.97 Å². The van der Waals surface area contributed by atoms with E-state index in [0.29, 0.717) is 10.6 Å². The third-order valence-corrected chi connectivity index (χ3v) is 7.48. The molecule has 0 radical (unpaired) electrons. The Morgan fingerprint density at radius 1 is 1.00 bits per heavy atom. The third-order valence-electron chi connectivity index (χ3n) is 5.67. The number of hydrogen-bond donors (Lipinski definition) is 1. The fourth-order valence-electron chi connectivity index (χ4n) is 3.99. The van der Waals surface area contributed by atoms with Gasteiger partial charge in [0.25, 0.3) is 0 Å². The van der Waals surface area contributed by atoms with E-state index in [2.05, 4.69) is 38.2 Å². The first-order valence-electron chi connectivity index (χ1n) is 11.4. The second-order valence-electron chi connectivity index (χ2n) is 8.53. The summed E-state index contributed by atoms with van der Waals surface area (Å²) in [7, 11) is 0. The van der Waals surface area contributed by atoms with Crippen LogP contribution in [0.3, 0.4) is 0 Å². The van der Waals surface area contributed by atoms with Crippen LogP contribution in [0.25, 0.3) is 22.0 Å². The average molecular weight is 505 g/mol. The van der Waals surface area contributed by atoms with E-state index >= 15 is 0 Å². The van der Waals surface area contributed by atoms with Crippen molar-refractivity contribution in [1.82, 2.24) is 4.98 Å². The van der Waals surface area contributed by atoms with E-state index in [1.165, 1.54) is 28.7 Å². The zero-order chi connectivity index (χ0) is 25.1. The number of thiophene rings is 1. The molecule has 2 heterocycles. The van der Waals surface area contributed by atoms with Gasteiger partial charge in [0, 0.05) is 16.3 Å². The van der Waals surface area contributed by atoms with E-state index in [1.807, 2.05) is 42.6 Å². The summed E-state index contributed by atoms with van der Waals surface area (Å²) < 4.78 is 5.30. The minimum absolute atomic E-state index is 0.183. The molecule has 0 bridgehead atoms. The number of aromatic nitrogens is 1. The predicted octanol–water partition coefficient (Wildman–Crippen LogP) is 7.10. The maximum Gasteiger partial charge on any atom is 0.341 e. The number of hydrogen-bond acceptors (Lipinski definition) is 6. The number of thioether (sulfide) groups is 1. The number of rotatable bonds is 7. The van der Waals surface area contributed by atoms with Gasteiger partial charge in [-0.15, -0.1) is 11.3 Å². The van der Waals surface area contributed by atoms with Gasteiger partial charge in [0.05, 0.1) is 22.9 Å². The van der Waals surface area contributed by atoms with E-state index in [0.717, 1.165) is 43.7 Å². The molecule has 5 nitrogen and oxygen atoms in total. The van der Waals surface area contributed by atoms with Gasteiger partial charge in [-0.3, -0.25) is 4.79 Å². The summed E-state index contributed by atoms with van der Waals surface area (Å²) in [5.74, 6) is -0.453. The molecule has 0 aliphatic carbocycles. The molecule has 0 unspecified atom stereocenters. The van der Waals surface area contributed by atoms with Crippen molar-refractivity contribution in [3.63, 3.8) is 0 Å². The number of aryl methyl sites for hydroxylation is 4. The molecule has 0 atom stereocenters. The first kappa shape index (κ1) is 24.9. The number of ether oxygens (including phenoxy) is 1. The summed E-state index contributed by atoms with van der Waals surface area (Å²) in [4.78, 5) is 30.4. The molecule has 180 valence electrons. The topological polar surface area (TPSA) is 68.3 Å². The molecule has 0 saturated carbocycles. The molecule has 0 aliphatic heterocycles. The molecule has 4 rings (SSSR count). The van der Waals surface area contributed by atoms with Crippen molar-refractivity contribution in [2.24, 2.45) is 0 Å². The summed E-state index contributed by atoms with van der Waals surface area (Å²) >= 11 is 2.71. The lowest BCUT2D eigenvalue weighted by Gasteiger charge is -2.10. The molecule has 2 aromatic heterocycles. The first-order valence-corrected chi connectivity index (χ1v) is 13.3. The maximum absolute atomic E-state index is 12.9. The van der Waals surface area contributed by atoms with Crippen molar-refractivity contribution in [3.05, 3.63) is 75.7 Å². The van der Waals surface area contributed by atoms with Crippen molar-refractivity contribution in [1.29, 1.82) is 0 Å². The van der Waals surface area contributed by atoms with E-state index in [4.69, 9.17) is 9.72 Å². The molecule has 2 aromatic carbocycles. The molecule has 0 fully saturated rings. The van der Waals surface area contributed by atoms with Crippen LogP contribution in [0.15, 0.2) is 52.9 Å². The van der Waals surface area contributed by atoms with Crippen LogP contribution >= 0.6 is 23.1 Å². The molecule has 1 amide bonds. The zero-order valence-electron chi connectivity index (χ0n) is 20.5. The fourth-order valence-corrected chi connectivity index (χ4v) is 5.73. The highest BCUT2D eigenvalue weighted by Gasteiger charge is 2.23. The predicted molar refractivity (Wildman–Crippen MR) is 146 cm³/mol. The number of carbonyl (C=O) groups is 2. The lowest BCUT2D eigenvalue weighted by atomic mass is 10.0. The van der Waals surface area contributed by atoms with Crippen molar-refractivity contribution >= 4 is 50.9 Å². The van der Waals surface area contributed by atoms with Crippen LogP contribution in [0, 0.1) is 27.7 Å². The van der Waals surface area contributed by atoms with Crippen LogP contribution in [0.1, 0.15) is 39.5 Å². The fraction of sp³-hybridized carbons (Fsp3) is 0.250. The summed E-state index contributed by atoms with van der Waals surface area (Å²) in [5.41, 5.74) is 7.62. The van der Waals surface area contributed by atoms with Crippen LogP contribution in [-0.2, 0) is 9.53 Å². The van der Waals surface area contributed by atoms with Crippen LogP contribution in [0.2, 0.25) is 0 Å². The number of esters is 1. The smallest absolute Gasteiger partial charge is 0.341 e. The van der Waals surface area contributed by atoms with Crippen molar-refractivity contribution < 1.29 is 14.3 Å². The summed E-state index contributed by atoms with van der Waals surface area (Å²) in [6.07, 6.45) is 0. The molecular weight excluding hydrogens is 476 g/mol. The number of benzene rings is 2. The number of amides is 1. The normalized spacial score (nSPS) is 11.0. The van der Waals surface area contributed by atoms with Gasteiger partial charge < -0.3 is 10.1 Å². The number of anilines is 1. The quantitative estimate of drug-likeness (QED) is 0.215. The summed E-state index contributed by atoms with van der Waals surface area (Å²) in [6, 6.07) is 14.2. The highest BCUT2D eigenvalue weighted by molar-refractivity contribution is 7.99. The van der Waals surface area contributed by atoms with Crippen molar-refractivity contribution in [2.45, 2.75) is 39.6 Å². The zero-order valence-corrected chi connectivity index (χ0v) is 22.2. The Morgan fingerprint density at radius 2 is 1.74 bits per heavy atom. The second-order valence-corrected chi connectivity index (χ2v) is 10.4. The minimum atomic E-state index is -0.440. The van der Waals surface area contributed by atoms with Gasteiger partial charge in [-0.1, -0.05) is 53.2 Å². The Balaban J connectivity index is 1.54. The number of nitrogens with zero attached hydrogens (tertiary/aromatic N) is 1. The van der Waals surface area contributed by atoms with Crippen molar-refractivity contribution in [3.8, 4) is 11.1 Å². The highest BCUT2D eigenvalue weighted by Crippen LogP contribution is 2.36. The molecule has 0 saturated heterocycles. The lowest BCUT2D eigenvalue weighted by Crippen LogP contribution is -2.16. The Hall–Kier alpha value is -3.16. The SMILES string of the molecule is CCOC(=O)c1c(-c2ccc(C)cc2)csc1NC(=O)CSc1cc(C)c2cc(C)cc(C)c2n1. The minimum Gasteiger partial charge on any atom is -0.462 e. The Kier molecular flexibility index (Phi) is 7.57. The number of carbonyl (C=O) groups excluding carboxylic acids is 2. The van der Waals surface area contributed by atoms with Crippen LogP contribution in [0.5, 0.6) is 0 Å². The Labute approximate surface area is 213 Å². The molecular formula is C28H28N2O3S2. The van der Waals surface area contributed by atoms with Crippen molar-refractivity contribution in [2.75, 3.05) is 17.7 Å². The lowest BCUT2D eigenvalue weighted by molar-refractivity contribution is -0.113. The molecule has 0 aliphatic rings. The van der Waals surface area contributed by atoms with E-state index in [-0.39, 0.29) is 18.3 Å². The van der Waals surface area contributed by atoms with Gasteiger partial charge >= 0.3 is 5.97 Å². The molecule has 4 aromatic rings. The monoisotopic (exact) mass is 504 g/mol. The Morgan fingerprint density at radius 3 is 2.46 bits per heavy atom. The summed E-state index contributed by atoms with van der Waals surface area (Å²) in [6.45, 7) is 10.3. The number of pyridine rings is 1. The number of fused-ring (bicyclic) bond motifs is 1. The van der Waals surface area contributed by atoms with E-state index in [9.17, 15) is 9.59 Å². The van der Waals surface area contributed by atoms with Crippen LogP contribution in [-0.4, -0.2) is 29.2 Å². The van der Waals surface area contributed by atoms with Gasteiger partial charge in [0.1, 0.15) is 10.6 Å². The third kappa shape index (κ3) is 5.57. The molecule has 35 heavy (non-hydrogen) atoms. The van der Waals surface area contributed by atoms with Gasteiger partial charge in [-0.25, -0.2) is 9.78 Å². The Bertz CT molecular complexity index is 1410. The molecule has 0 spiro atoms. The average Bonchev–Trinajstić information content (AvgIpc) is 3.22.